The minimum absolute atomic E-state index is 0.238. The van der Waals surface area contributed by atoms with Crippen molar-refractivity contribution in [3.05, 3.63) is 0 Å². The monoisotopic (exact) mass is 712 g/mol. The van der Waals surface area contributed by atoms with Crippen LogP contribution in [-0.4, -0.2) is 67.7 Å². The highest BCUT2D eigenvalue weighted by Gasteiger charge is 2.51. The molecule has 0 radical (unpaired) electrons. The zero-order valence-corrected chi connectivity index (χ0v) is 32.6. The third-order valence-electron chi connectivity index (χ3n) is 9.50. The number of carbonyl (C=O) groups excluding carboxylic acids is 4. The van der Waals surface area contributed by atoms with Crippen molar-refractivity contribution in [2.75, 3.05) is 13.2 Å². The average molecular weight is 712 g/mol. The Morgan fingerprint density at radius 2 is 1.00 bits per heavy atom. The maximum atomic E-state index is 12.3. The van der Waals surface area contributed by atoms with Crippen molar-refractivity contribution < 1.29 is 42.9 Å². The number of unbranched alkanes of at least 4 members (excludes halogenated alkanes) is 18. The predicted octanol–water partition coefficient (Wildman–Crippen LogP) is 8.90. The van der Waals surface area contributed by atoms with Crippen LogP contribution in [0.2, 0.25) is 0 Å². The molecule has 1 amide bonds. The maximum Gasteiger partial charge on any atom is 0.303 e. The first kappa shape index (κ1) is 45.8. The lowest BCUT2D eigenvalue weighted by molar-refractivity contribution is -0.280. The van der Waals surface area contributed by atoms with Gasteiger partial charge in [0.25, 0.3) is 0 Å². The average Bonchev–Trinajstić information content (AvgIpc) is 3.05. The molecular formula is C40H73NO9. The summed E-state index contributed by atoms with van der Waals surface area (Å²) in [6.45, 7) is 9.77. The lowest BCUT2D eigenvalue weighted by Gasteiger charge is -2.45. The molecule has 0 aromatic heterocycles. The Morgan fingerprint density at radius 3 is 1.40 bits per heavy atom. The number of amides is 1. The van der Waals surface area contributed by atoms with E-state index < -0.39 is 48.6 Å². The van der Waals surface area contributed by atoms with Crippen LogP contribution in [0.1, 0.15) is 183 Å². The number of rotatable bonds is 30. The lowest BCUT2D eigenvalue weighted by atomic mass is 9.94. The maximum absolute atomic E-state index is 12.3. The van der Waals surface area contributed by atoms with Crippen LogP contribution in [0.5, 0.6) is 0 Å². The summed E-state index contributed by atoms with van der Waals surface area (Å²) >= 11 is 0. The molecule has 10 nitrogen and oxygen atoms in total. The van der Waals surface area contributed by atoms with Gasteiger partial charge in [-0.2, -0.15) is 0 Å². The van der Waals surface area contributed by atoms with Crippen LogP contribution in [0, 0.1) is 5.92 Å². The molecule has 50 heavy (non-hydrogen) atoms. The van der Waals surface area contributed by atoms with E-state index in [4.69, 9.17) is 23.7 Å². The number of carbonyl (C=O) groups is 4. The molecule has 0 aromatic rings. The molecule has 0 aromatic carbocycles. The van der Waals surface area contributed by atoms with E-state index in [1.165, 1.54) is 143 Å². The first-order valence-corrected chi connectivity index (χ1v) is 20.1. The smallest absolute Gasteiger partial charge is 0.303 e. The van der Waals surface area contributed by atoms with E-state index in [0.717, 1.165) is 25.7 Å². The van der Waals surface area contributed by atoms with E-state index in [1.54, 1.807) is 0 Å². The van der Waals surface area contributed by atoms with E-state index in [2.05, 4.69) is 19.2 Å². The number of hydrogen-bond acceptors (Lipinski definition) is 9. The Hall–Kier alpha value is -2.20. The summed E-state index contributed by atoms with van der Waals surface area (Å²) in [7, 11) is 0. The molecule has 10 heteroatoms. The van der Waals surface area contributed by atoms with Crippen molar-refractivity contribution in [2.24, 2.45) is 5.92 Å². The van der Waals surface area contributed by atoms with Crippen molar-refractivity contribution in [1.29, 1.82) is 0 Å². The molecule has 0 aliphatic carbocycles. The largest absolute Gasteiger partial charge is 0.463 e. The minimum atomic E-state index is -1.12. The van der Waals surface area contributed by atoms with Crippen LogP contribution in [0.3, 0.4) is 0 Å². The van der Waals surface area contributed by atoms with Gasteiger partial charge in [0.2, 0.25) is 5.91 Å². The first-order chi connectivity index (χ1) is 24.1. The third-order valence-corrected chi connectivity index (χ3v) is 9.50. The SMILES string of the molecule is CCCCCCCCCCCCC(CCCCCCCCCCCC)CO[C@@H]1O[C@H](COC(C)=O)[C@@H](OC(C)=O)[C@H](OC(C)=O)[C@H]1NC(C)=O. The van der Waals surface area contributed by atoms with Crippen LogP contribution in [-0.2, 0) is 42.9 Å². The molecule has 1 rings (SSSR count). The zero-order chi connectivity index (χ0) is 37.0. The molecule has 292 valence electrons. The Kier molecular flexibility index (Phi) is 26.9. The van der Waals surface area contributed by atoms with Gasteiger partial charge in [-0.1, -0.05) is 142 Å². The first-order valence-electron chi connectivity index (χ1n) is 20.1. The number of nitrogens with one attached hydrogen (secondary N) is 1. The van der Waals surface area contributed by atoms with Crippen molar-refractivity contribution in [3.8, 4) is 0 Å². The van der Waals surface area contributed by atoms with E-state index >= 15 is 0 Å². The second kappa shape index (κ2) is 29.4. The quantitative estimate of drug-likeness (QED) is 0.0442. The van der Waals surface area contributed by atoms with Crippen molar-refractivity contribution in [2.45, 2.75) is 213 Å². The fourth-order valence-corrected chi connectivity index (χ4v) is 6.82. The van der Waals surface area contributed by atoms with Crippen LogP contribution in [0.25, 0.3) is 0 Å². The molecule has 1 heterocycles. The fraction of sp³-hybridized carbons (Fsp3) is 0.900. The van der Waals surface area contributed by atoms with Gasteiger partial charge in [0, 0.05) is 27.7 Å². The van der Waals surface area contributed by atoms with E-state index in [0.29, 0.717) is 12.5 Å². The highest BCUT2D eigenvalue weighted by Crippen LogP contribution is 2.29. The summed E-state index contributed by atoms with van der Waals surface area (Å²) < 4.78 is 29.1. The summed E-state index contributed by atoms with van der Waals surface area (Å²) in [6.07, 6.45) is 23.4. The molecule has 0 unspecified atom stereocenters. The van der Waals surface area contributed by atoms with Gasteiger partial charge in [-0.3, -0.25) is 19.2 Å². The minimum Gasteiger partial charge on any atom is -0.463 e. The summed E-state index contributed by atoms with van der Waals surface area (Å²) in [5.74, 6) is -1.86. The molecule has 1 aliphatic heterocycles. The summed E-state index contributed by atoms with van der Waals surface area (Å²) in [4.78, 5) is 48.3. The molecule has 0 spiro atoms. The van der Waals surface area contributed by atoms with Gasteiger partial charge in [0.05, 0.1) is 6.61 Å². The van der Waals surface area contributed by atoms with Crippen molar-refractivity contribution in [3.63, 3.8) is 0 Å². The standard InChI is InChI=1S/C40H73NO9/c1-7-9-11-13-15-17-19-21-23-25-27-35(28-26-24-22-20-18-16-14-12-10-8-2)29-47-40-37(41-31(3)42)39(49-34(6)45)38(48-33(5)44)36(50-40)30-46-32(4)43/h35-40H,7-30H2,1-6H3,(H,41,42)/t36-,37-,38-,39-,40-/m1/s1. The Balaban J connectivity index is 2.92. The Morgan fingerprint density at radius 1 is 0.580 bits per heavy atom. The molecule has 0 saturated carbocycles. The van der Waals surface area contributed by atoms with Crippen LogP contribution in [0.4, 0.5) is 0 Å². The highest BCUT2D eigenvalue weighted by molar-refractivity contribution is 5.73. The molecule has 1 N–H and O–H groups in total. The van der Waals surface area contributed by atoms with Gasteiger partial charge in [-0.25, -0.2) is 0 Å². The number of esters is 3. The zero-order valence-electron chi connectivity index (χ0n) is 32.6. The van der Waals surface area contributed by atoms with Gasteiger partial charge >= 0.3 is 17.9 Å². The summed E-state index contributed by atoms with van der Waals surface area (Å²) in [5, 5.41) is 2.81. The van der Waals surface area contributed by atoms with Crippen LogP contribution in [0.15, 0.2) is 0 Å². The Labute approximate surface area is 304 Å². The van der Waals surface area contributed by atoms with Gasteiger partial charge in [0.15, 0.2) is 18.5 Å². The number of hydrogen-bond donors (Lipinski definition) is 1. The summed E-state index contributed by atoms with van der Waals surface area (Å²) in [5.41, 5.74) is 0. The predicted molar refractivity (Wildman–Crippen MR) is 196 cm³/mol. The van der Waals surface area contributed by atoms with Gasteiger partial charge < -0.3 is 29.0 Å². The lowest BCUT2D eigenvalue weighted by Crippen LogP contribution is -2.66. The van der Waals surface area contributed by atoms with Gasteiger partial charge in [0.1, 0.15) is 18.8 Å². The second-order valence-electron chi connectivity index (χ2n) is 14.4. The van der Waals surface area contributed by atoms with Gasteiger partial charge in [-0.05, 0) is 18.8 Å². The number of ether oxygens (including phenoxy) is 5. The van der Waals surface area contributed by atoms with Crippen molar-refractivity contribution in [1.82, 2.24) is 5.32 Å². The summed E-state index contributed by atoms with van der Waals surface area (Å²) in [6, 6.07) is -0.940. The van der Waals surface area contributed by atoms with Crippen molar-refractivity contribution >= 4 is 23.8 Å². The van der Waals surface area contributed by atoms with Crippen LogP contribution < -0.4 is 5.32 Å². The van der Waals surface area contributed by atoms with E-state index in [1.807, 2.05) is 0 Å². The highest BCUT2D eigenvalue weighted by atomic mass is 16.7. The normalized spacial score (nSPS) is 20.4. The fourth-order valence-electron chi connectivity index (χ4n) is 6.82. The molecule has 5 atom stereocenters. The Bertz CT molecular complexity index is 889. The van der Waals surface area contributed by atoms with Crippen LogP contribution >= 0.6 is 0 Å². The van der Waals surface area contributed by atoms with E-state index in [-0.39, 0.29) is 12.5 Å². The molecule has 0 bridgehead atoms. The molecular weight excluding hydrogens is 638 g/mol. The second-order valence-corrected chi connectivity index (χ2v) is 14.4. The molecule has 1 saturated heterocycles. The van der Waals surface area contributed by atoms with E-state index in [9.17, 15) is 19.2 Å². The third kappa shape index (κ3) is 22.6. The molecule has 1 fully saturated rings. The topological polar surface area (TPSA) is 126 Å². The molecule has 1 aliphatic rings. The van der Waals surface area contributed by atoms with Gasteiger partial charge in [-0.15, -0.1) is 0 Å².